The third kappa shape index (κ3) is 3.25. The molecule has 0 aromatic heterocycles. The Labute approximate surface area is 150 Å². The molecule has 4 nitrogen and oxygen atoms in total. The summed E-state index contributed by atoms with van der Waals surface area (Å²) in [6.07, 6.45) is 0. The number of aromatic hydroxyl groups is 1. The number of rotatable bonds is 6. The molecular formula is C20H28O4Si. The Morgan fingerprint density at radius 1 is 0.960 bits per heavy atom. The molecule has 2 N–H and O–H groups in total. The molecule has 0 heterocycles. The van der Waals surface area contributed by atoms with E-state index in [-0.39, 0.29) is 11.3 Å². The van der Waals surface area contributed by atoms with E-state index < -0.39 is 14.3 Å². The van der Waals surface area contributed by atoms with Crippen LogP contribution in [0.1, 0.15) is 51.9 Å². The topological polar surface area (TPSA) is 66.8 Å². The maximum atomic E-state index is 11.6. The third-order valence-corrected chi connectivity index (χ3v) is 11.2. The number of carbonyl (C=O) groups is 1. The summed E-state index contributed by atoms with van der Waals surface area (Å²) >= 11 is 0. The van der Waals surface area contributed by atoms with Crippen LogP contribution in [-0.2, 0) is 0 Å². The van der Waals surface area contributed by atoms with Gasteiger partial charge in [-0.05, 0) is 22.7 Å². The van der Waals surface area contributed by atoms with Gasteiger partial charge in [-0.25, -0.2) is 4.79 Å². The number of benzene rings is 2. The van der Waals surface area contributed by atoms with Crippen LogP contribution in [0.5, 0.6) is 11.5 Å². The van der Waals surface area contributed by atoms with Crippen LogP contribution in [0, 0.1) is 0 Å². The van der Waals surface area contributed by atoms with E-state index in [4.69, 9.17) is 4.43 Å². The first-order chi connectivity index (χ1) is 11.6. The van der Waals surface area contributed by atoms with Crippen molar-refractivity contribution in [2.45, 2.75) is 58.2 Å². The second-order valence-electron chi connectivity index (χ2n) is 7.54. The summed E-state index contributed by atoms with van der Waals surface area (Å²) in [4.78, 5) is 11.6. The summed E-state index contributed by atoms with van der Waals surface area (Å²) in [5, 5.41) is 21.1. The molecule has 136 valence electrons. The van der Waals surface area contributed by atoms with Crippen LogP contribution in [0.15, 0.2) is 30.3 Å². The van der Waals surface area contributed by atoms with Crippen LogP contribution >= 0.6 is 0 Å². The molecule has 0 aliphatic heterocycles. The van der Waals surface area contributed by atoms with Crippen LogP contribution in [0.3, 0.4) is 0 Å². The molecule has 2 rings (SSSR count). The number of aromatic carboxylic acids is 1. The number of carboxylic acid groups (broad SMARTS) is 1. The van der Waals surface area contributed by atoms with Crippen LogP contribution in [0.2, 0.25) is 16.6 Å². The summed E-state index contributed by atoms with van der Waals surface area (Å²) in [6, 6.07) is 8.74. The lowest BCUT2D eigenvalue weighted by atomic mass is 10.0. The Hall–Kier alpha value is -2.01. The van der Waals surface area contributed by atoms with Gasteiger partial charge >= 0.3 is 5.97 Å². The Bertz CT molecular complexity index is 759. The molecule has 5 heteroatoms. The van der Waals surface area contributed by atoms with Crippen molar-refractivity contribution in [2.24, 2.45) is 0 Å². The van der Waals surface area contributed by atoms with E-state index in [1.165, 1.54) is 6.07 Å². The van der Waals surface area contributed by atoms with Crippen molar-refractivity contribution in [3.63, 3.8) is 0 Å². The molecule has 0 amide bonds. The van der Waals surface area contributed by atoms with Crippen molar-refractivity contribution in [1.29, 1.82) is 0 Å². The number of hydrogen-bond donors (Lipinski definition) is 2. The van der Waals surface area contributed by atoms with Gasteiger partial charge in [-0.1, -0.05) is 65.8 Å². The van der Waals surface area contributed by atoms with E-state index in [9.17, 15) is 15.0 Å². The molecule has 0 aliphatic carbocycles. The van der Waals surface area contributed by atoms with Crippen LogP contribution in [-0.4, -0.2) is 24.5 Å². The second-order valence-corrected chi connectivity index (χ2v) is 12.9. The molecule has 2 aromatic carbocycles. The van der Waals surface area contributed by atoms with E-state index in [1.807, 2.05) is 12.1 Å². The fraction of sp³-hybridized carbons (Fsp3) is 0.450. The monoisotopic (exact) mass is 360 g/mol. The summed E-state index contributed by atoms with van der Waals surface area (Å²) in [5.41, 5.74) is 0.989. The molecular weight excluding hydrogens is 332 g/mol. The van der Waals surface area contributed by atoms with Crippen molar-refractivity contribution >= 4 is 25.1 Å². The van der Waals surface area contributed by atoms with Crippen LogP contribution in [0.25, 0.3) is 10.8 Å². The molecule has 0 unspecified atom stereocenters. The minimum atomic E-state index is -2.24. The molecule has 0 saturated carbocycles. The van der Waals surface area contributed by atoms with Crippen molar-refractivity contribution < 1.29 is 19.4 Å². The van der Waals surface area contributed by atoms with Gasteiger partial charge in [0.1, 0.15) is 17.1 Å². The van der Waals surface area contributed by atoms with E-state index in [0.717, 1.165) is 5.39 Å². The number of fused-ring (bicyclic) bond motifs is 1. The molecule has 0 bridgehead atoms. The quantitative estimate of drug-likeness (QED) is 0.639. The highest BCUT2D eigenvalue weighted by atomic mass is 28.4. The summed E-state index contributed by atoms with van der Waals surface area (Å²) in [6.45, 7) is 13.1. The lowest BCUT2D eigenvalue weighted by molar-refractivity contribution is 0.0693. The van der Waals surface area contributed by atoms with Gasteiger partial charge < -0.3 is 14.6 Å². The van der Waals surface area contributed by atoms with Gasteiger partial charge in [-0.3, -0.25) is 0 Å². The van der Waals surface area contributed by atoms with E-state index in [0.29, 0.717) is 27.8 Å². The Balaban J connectivity index is 2.75. The fourth-order valence-corrected chi connectivity index (χ4v) is 9.38. The minimum Gasteiger partial charge on any atom is -0.542 e. The lowest BCUT2D eigenvalue weighted by Gasteiger charge is -2.42. The number of phenols is 1. The molecule has 2 aromatic rings. The van der Waals surface area contributed by atoms with Gasteiger partial charge in [0.25, 0.3) is 8.32 Å². The maximum Gasteiger partial charge on any atom is 0.339 e. The van der Waals surface area contributed by atoms with Crippen molar-refractivity contribution in [3.8, 4) is 11.5 Å². The van der Waals surface area contributed by atoms with Crippen LogP contribution < -0.4 is 4.43 Å². The predicted octanol–water partition coefficient (Wildman–Crippen LogP) is 5.80. The smallest absolute Gasteiger partial charge is 0.339 e. The van der Waals surface area contributed by atoms with E-state index in [2.05, 4.69) is 41.5 Å². The zero-order chi connectivity index (χ0) is 18.9. The predicted molar refractivity (Wildman–Crippen MR) is 104 cm³/mol. The highest BCUT2D eigenvalue weighted by Gasteiger charge is 2.47. The average Bonchev–Trinajstić information content (AvgIpc) is 2.53. The average molecular weight is 361 g/mol. The highest BCUT2D eigenvalue weighted by Crippen LogP contribution is 2.45. The first kappa shape index (κ1) is 19.3. The second kappa shape index (κ2) is 7.08. The maximum absolute atomic E-state index is 11.6. The fourth-order valence-electron chi connectivity index (χ4n) is 4.12. The SMILES string of the molecule is CC(C)[Si](Oc1cc(C(=O)O)c(O)c2ccccc12)(C(C)C)C(C)C. The van der Waals surface area contributed by atoms with Gasteiger partial charge in [0.05, 0.1) is 0 Å². The largest absolute Gasteiger partial charge is 0.542 e. The van der Waals surface area contributed by atoms with Crippen molar-refractivity contribution in [1.82, 2.24) is 0 Å². The Morgan fingerprint density at radius 3 is 1.88 bits per heavy atom. The zero-order valence-corrected chi connectivity index (χ0v) is 16.8. The van der Waals surface area contributed by atoms with Gasteiger partial charge in [0.2, 0.25) is 0 Å². The van der Waals surface area contributed by atoms with Gasteiger partial charge in [-0.2, -0.15) is 0 Å². The summed E-state index contributed by atoms with van der Waals surface area (Å²) in [7, 11) is -2.24. The number of carboxylic acids is 1. The summed E-state index contributed by atoms with van der Waals surface area (Å²) in [5.74, 6) is -0.797. The van der Waals surface area contributed by atoms with E-state index >= 15 is 0 Å². The number of hydrogen-bond acceptors (Lipinski definition) is 3. The zero-order valence-electron chi connectivity index (χ0n) is 15.8. The summed E-state index contributed by atoms with van der Waals surface area (Å²) < 4.78 is 6.71. The first-order valence-electron chi connectivity index (χ1n) is 8.79. The van der Waals surface area contributed by atoms with Crippen molar-refractivity contribution in [3.05, 3.63) is 35.9 Å². The third-order valence-electron chi connectivity index (χ3n) is 5.20. The lowest BCUT2D eigenvalue weighted by Crippen LogP contribution is -2.50. The van der Waals surface area contributed by atoms with Crippen molar-refractivity contribution in [2.75, 3.05) is 0 Å². The standard InChI is InChI=1S/C20H28O4Si/c1-12(2)25(13(3)4,14(5)6)24-18-11-17(20(22)23)19(21)16-10-8-7-9-15(16)18/h7-14,21H,1-6H3,(H,22,23). The molecule has 0 fully saturated rings. The molecule has 0 atom stereocenters. The molecule has 25 heavy (non-hydrogen) atoms. The normalized spacial score (nSPS) is 12.4. The van der Waals surface area contributed by atoms with Gasteiger partial charge in [-0.15, -0.1) is 0 Å². The molecule has 0 spiro atoms. The van der Waals surface area contributed by atoms with Crippen LogP contribution in [0.4, 0.5) is 0 Å². The Morgan fingerprint density at radius 2 is 1.44 bits per heavy atom. The first-order valence-corrected chi connectivity index (χ1v) is 10.9. The van der Waals surface area contributed by atoms with Gasteiger partial charge in [0, 0.05) is 10.8 Å². The molecule has 0 radical (unpaired) electrons. The highest BCUT2D eigenvalue weighted by molar-refractivity contribution is 6.78. The molecule has 0 saturated heterocycles. The molecule has 0 aliphatic rings. The minimum absolute atomic E-state index is 0.118. The van der Waals surface area contributed by atoms with Gasteiger partial charge in [0.15, 0.2) is 0 Å². The Kier molecular flexibility index (Phi) is 5.47. The van der Waals surface area contributed by atoms with E-state index in [1.54, 1.807) is 12.1 Å².